The zero-order valence-corrected chi connectivity index (χ0v) is 23.1. The van der Waals surface area contributed by atoms with E-state index in [4.69, 9.17) is 4.98 Å². The summed E-state index contributed by atoms with van der Waals surface area (Å²) < 4.78 is 20.7. The normalized spacial score (nSPS) is 28.8. The van der Waals surface area contributed by atoms with Crippen molar-refractivity contribution < 1.29 is 8.96 Å². The molecule has 2 aromatic carbocycles. The zero-order chi connectivity index (χ0) is 25.5. The van der Waals surface area contributed by atoms with E-state index in [0.29, 0.717) is 11.8 Å². The minimum Gasteiger partial charge on any atom is -0.216 e. The third kappa shape index (κ3) is 2.36. The predicted molar refractivity (Wildman–Crippen MR) is 145 cm³/mol. The molecule has 0 radical (unpaired) electrons. The molecule has 188 valence electrons. The van der Waals surface area contributed by atoms with Crippen molar-refractivity contribution in [3.8, 4) is 0 Å². The lowest BCUT2D eigenvalue weighted by molar-refractivity contribution is -0.728. The molecule has 4 heteroatoms. The van der Waals surface area contributed by atoms with Crippen LogP contribution in [-0.4, -0.2) is 9.38 Å². The second-order valence-electron chi connectivity index (χ2n) is 13.4. The van der Waals surface area contributed by atoms with Crippen molar-refractivity contribution in [2.24, 2.45) is 0 Å². The average molecular weight is 485 g/mol. The summed E-state index contributed by atoms with van der Waals surface area (Å²) in [6.45, 7) is 18.1. The van der Waals surface area contributed by atoms with Gasteiger partial charge in [0.2, 0.25) is 5.82 Å². The highest BCUT2D eigenvalue weighted by molar-refractivity contribution is 5.99. The van der Waals surface area contributed by atoms with E-state index in [1.807, 2.05) is 6.92 Å². The second kappa shape index (κ2) is 6.68. The van der Waals surface area contributed by atoms with Crippen molar-refractivity contribution in [3.05, 3.63) is 52.1 Å². The van der Waals surface area contributed by atoms with Gasteiger partial charge >= 0.3 is 0 Å². The van der Waals surface area contributed by atoms with Crippen molar-refractivity contribution >= 4 is 27.6 Å². The van der Waals surface area contributed by atoms with E-state index in [0.717, 1.165) is 40.7 Å². The van der Waals surface area contributed by atoms with Crippen molar-refractivity contribution in [1.82, 2.24) is 9.38 Å². The Balaban J connectivity index is 1.82. The lowest BCUT2D eigenvalue weighted by atomic mass is 9.61. The number of hydrogen-bond donors (Lipinski definition) is 0. The van der Waals surface area contributed by atoms with E-state index in [1.165, 1.54) is 35.9 Å². The van der Waals surface area contributed by atoms with Crippen molar-refractivity contribution in [3.63, 3.8) is 0 Å². The Hall–Kier alpha value is -2.49. The highest BCUT2D eigenvalue weighted by atomic mass is 19.1. The third-order valence-electron chi connectivity index (χ3n) is 10.9. The number of benzene rings is 2. The first-order chi connectivity index (χ1) is 17.0. The minimum absolute atomic E-state index is 0.132. The maximum absolute atomic E-state index is 15.6. The Labute approximate surface area is 213 Å². The van der Waals surface area contributed by atoms with Crippen molar-refractivity contribution in [2.75, 3.05) is 0 Å². The SMILES string of the molecule is CCC1(C)c2c(C)c(F)cc3nc(C(C)(C)C)n4c5cc6c(cc5[n+](c4c23)C1(C)CC)C1CCC6C1. The number of rotatable bonds is 2. The van der Waals surface area contributed by atoms with E-state index < -0.39 is 0 Å². The van der Waals surface area contributed by atoms with Gasteiger partial charge in [0.1, 0.15) is 11.4 Å². The molecular formula is C32H39FN3+. The Kier molecular flexibility index (Phi) is 4.21. The van der Waals surface area contributed by atoms with E-state index in [-0.39, 0.29) is 22.2 Å². The monoisotopic (exact) mass is 484 g/mol. The summed E-state index contributed by atoms with van der Waals surface area (Å²) in [4.78, 5) is 5.26. The average Bonchev–Trinajstić information content (AvgIpc) is 3.53. The fourth-order valence-corrected chi connectivity index (χ4v) is 8.52. The Morgan fingerprint density at radius 3 is 2.33 bits per heavy atom. The van der Waals surface area contributed by atoms with Gasteiger partial charge < -0.3 is 0 Å². The van der Waals surface area contributed by atoms with Crippen LogP contribution in [0.25, 0.3) is 27.6 Å². The Bertz CT molecular complexity index is 1640. The van der Waals surface area contributed by atoms with Crippen LogP contribution in [0.5, 0.6) is 0 Å². The number of halogens is 1. The molecule has 1 aliphatic heterocycles. The summed E-state index contributed by atoms with van der Waals surface area (Å²) in [6, 6.07) is 6.75. The van der Waals surface area contributed by atoms with Crippen LogP contribution in [0.2, 0.25) is 0 Å². The maximum Gasteiger partial charge on any atom is 0.299 e. The molecule has 0 spiro atoms. The molecule has 3 nitrogen and oxygen atoms in total. The standard InChI is InChI=1S/C32H39FN3/c1-9-31(7)27-17(3)22(33)16-23-26(27)28-35(29(34-23)30(4,5)6)24-14-20-18-11-12-19(13-18)21(20)15-25(24)36(28)32(31,8)10-2/h14-16,18-19H,9-13H2,1-8H3/q+1. The quantitative estimate of drug-likeness (QED) is 0.266. The minimum atomic E-state index is -0.221. The van der Waals surface area contributed by atoms with Crippen LogP contribution in [0.1, 0.15) is 120 Å². The van der Waals surface area contributed by atoms with Gasteiger partial charge in [0.15, 0.2) is 11.0 Å². The number of hydrogen-bond acceptors (Lipinski definition) is 1. The molecule has 2 aromatic heterocycles. The molecule has 3 heterocycles. The molecule has 0 saturated heterocycles. The molecule has 1 saturated carbocycles. The molecule has 2 aliphatic carbocycles. The van der Waals surface area contributed by atoms with Gasteiger partial charge in [0.05, 0.1) is 10.9 Å². The summed E-state index contributed by atoms with van der Waals surface area (Å²) in [5.74, 6) is 2.30. The Morgan fingerprint density at radius 2 is 1.72 bits per heavy atom. The molecule has 36 heavy (non-hydrogen) atoms. The van der Waals surface area contributed by atoms with Gasteiger partial charge in [-0.3, -0.25) is 0 Å². The number of aromatic nitrogens is 3. The molecule has 1 fully saturated rings. The molecule has 7 rings (SSSR count). The van der Waals surface area contributed by atoms with Crippen LogP contribution < -0.4 is 4.57 Å². The molecular weight excluding hydrogens is 445 g/mol. The van der Waals surface area contributed by atoms with Gasteiger partial charge in [-0.15, -0.1) is 0 Å². The van der Waals surface area contributed by atoms with Gasteiger partial charge in [-0.05, 0) is 92.2 Å². The van der Waals surface area contributed by atoms with Gasteiger partial charge in [-0.2, -0.15) is 4.40 Å². The van der Waals surface area contributed by atoms with Crippen LogP contribution in [0.4, 0.5) is 4.39 Å². The summed E-state index contributed by atoms with van der Waals surface area (Å²) in [5, 5.41) is 1.15. The zero-order valence-electron chi connectivity index (χ0n) is 23.1. The molecule has 2 bridgehead atoms. The van der Waals surface area contributed by atoms with Gasteiger partial charge in [0, 0.05) is 16.9 Å². The molecule has 0 amide bonds. The molecule has 4 aromatic rings. The first kappa shape index (κ1) is 22.7. The molecule has 4 unspecified atom stereocenters. The Morgan fingerprint density at radius 1 is 1.06 bits per heavy atom. The predicted octanol–water partition coefficient (Wildman–Crippen LogP) is 7.84. The highest BCUT2D eigenvalue weighted by Gasteiger charge is 2.56. The van der Waals surface area contributed by atoms with E-state index >= 15 is 4.39 Å². The van der Waals surface area contributed by atoms with Crippen molar-refractivity contribution in [1.29, 1.82) is 0 Å². The van der Waals surface area contributed by atoms with Gasteiger partial charge in [-0.25, -0.2) is 13.9 Å². The summed E-state index contributed by atoms with van der Waals surface area (Å²) >= 11 is 0. The molecule has 0 N–H and O–H groups in total. The maximum atomic E-state index is 15.6. The smallest absolute Gasteiger partial charge is 0.216 e. The highest BCUT2D eigenvalue weighted by Crippen LogP contribution is 2.56. The first-order valence-corrected chi connectivity index (χ1v) is 14.0. The topological polar surface area (TPSA) is 21.2 Å². The molecule has 4 atom stereocenters. The fraction of sp³-hybridized carbons (Fsp3) is 0.562. The van der Waals surface area contributed by atoms with Gasteiger partial charge in [-0.1, -0.05) is 41.5 Å². The summed E-state index contributed by atoms with van der Waals surface area (Å²) in [6.07, 6.45) is 5.89. The van der Waals surface area contributed by atoms with Crippen molar-refractivity contribution in [2.45, 2.75) is 116 Å². The second-order valence-corrected chi connectivity index (χ2v) is 13.4. The summed E-state index contributed by atoms with van der Waals surface area (Å²) in [7, 11) is 0. The van der Waals surface area contributed by atoms with Crippen LogP contribution in [0.3, 0.4) is 0 Å². The number of fused-ring (bicyclic) bond motifs is 8. The van der Waals surface area contributed by atoms with E-state index in [1.54, 1.807) is 17.2 Å². The first-order valence-electron chi connectivity index (χ1n) is 14.0. The number of imidazole rings is 1. The van der Waals surface area contributed by atoms with Crippen LogP contribution in [0, 0.1) is 12.7 Å². The lowest BCUT2D eigenvalue weighted by Crippen LogP contribution is -2.66. The molecule has 3 aliphatic rings. The number of nitrogens with zero attached hydrogens (tertiary/aromatic N) is 3. The van der Waals surface area contributed by atoms with Crippen LogP contribution in [0.15, 0.2) is 18.2 Å². The lowest BCUT2D eigenvalue weighted by Gasteiger charge is -2.47. The summed E-state index contributed by atoms with van der Waals surface area (Å²) in [5.41, 5.74) is 9.11. The van der Waals surface area contributed by atoms with E-state index in [2.05, 4.69) is 69.6 Å². The van der Waals surface area contributed by atoms with Crippen LogP contribution in [-0.2, 0) is 16.4 Å². The van der Waals surface area contributed by atoms with E-state index in [9.17, 15) is 0 Å². The largest absolute Gasteiger partial charge is 0.299 e. The third-order valence-corrected chi connectivity index (χ3v) is 10.9. The van der Waals surface area contributed by atoms with Crippen LogP contribution >= 0.6 is 0 Å². The fourth-order valence-electron chi connectivity index (χ4n) is 8.52. The van der Waals surface area contributed by atoms with Gasteiger partial charge in [0.25, 0.3) is 5.65 Å².